The molecule has 6 heteroatoms. The summed E-state index contributed by atoms with van der Waals surface area (Å²) >= 11 is 6.04. The molecule has 1 aromatic rings. The van der Waals surface area contributed by atoms with E-state index in [0.717, 1.165) is 18.4 Å². The van der Waals surface area contributed by atoms with Crippen molar-refractivity contribution < 1.29 is 19.4 Å². The van der Waals surface area contributed by atoms with Gasteiger partial charge in [0, 0.05) is 0 Å². The minimum absolute atomic E-state index is 0.416. The molecular weight excluding hydrogens is 306 g/mol. The lowest BCUT2D eigenvalue weighted by Crippen LogP contribution is -2.55. The Kier molecular flexibility index (Phi) is 4.96. The van der Waals surface area contributed by atoms with Crippen molar-refractivity contribution in [2.24, 2.45) is 0 Å². The fraction of sp³-hybridized carbons (Fsp3) is 0.500. The number of halogens is 1. The van der Waals surface area contributed by atoms with Gasteiger partial charge in [0.1, 0.15) is 11.3 Å². The van der Waals surface area contributed by atoms with Crippen LogP contribution in [0.4, 0.5) is 0 Å². The van der Waals surface area contributed by atoms with Crippen molar-refractivity contribution in [2.45, 2.75) is 51.2 Å². The summed E-state index contributed by atoms with van der Waals surface area (Å²) < 4.78 is 5.59. The molecule has 0 bridgehead atoms. The molecule has 0 radical (unpaired) electrons. The van der Waals surface area contributed by atoms with Crippen molar-refractivity contribution in [3.63, 3.8) is 0 Å². The number of aryl methyl sites for hydroxylation is 1. The molecular formula is C16H20ClNO4. The molecule has 22 heavy (non-hydrogen) atoms. The second kappa shape index (κ2) is 6.57. The third kappa shape index (κ3) is 3.53. The lowest BCUT2D eigenvalue weighted by Gasteiger charge is -2.27. The topological polar surface area (TPSA) is 75.6 Å². The van der Waals surface area contributed by atoms with Gasteiger partial charge in [-0.25, -0.2) is 4.79 Å². The van der Waals surface area contributed by atoms with Gasteiger partial charge in [-0.05, 0) is 44.4 Å². The lowest BCUT2D eigenvalue weighted by molar-refractivity contribution is -0.148. The Morgan fingerprint density at radius 3 is 2.59 bits per heavy atom. The number of hydrogen-bond donors (Lipinski definition) is 2. The second-order valence-corrected chi connectivity index (χ2v) is 6.18. The lowest BCUT2D eigenvalue weighted by atomic mass is 9.97. The molecule has 1 aliphatic rings. The number of rotatable bonds is 5. The zero-order valence-corrected chi connectivity index (χ0v) is 13.4. The number of benzene rings is 1. The minimum Gasteiger partial charge on any atom is -0.480 e. The van der Waals surface area contributed by atoms with Crippen LogP contribution in [0.5, 0.6) is 5.75 Å². The van der Waals surface area contributed by atoms with E-state index < -0.39 is 23.5 Å². The number of carboxylic acids is 1. The first kappa shape index (κ1) is 16.6. The van der Waals surface area contributed by atoms with Crippen LogP contribution in [0.1, 0.15) is 38.2 Å². The molecule has 2 rings (SSSR count). The quantitative estimate of drug-likeness (QED) is 0.872. The van der Waals surface area contributed by atoms with Crippen molar-refractivity contribution >= 4 is 23.5 Å². The number of ether oxygens (including phenoxy) is 1. The van der Waals surface area contributed by atoms with Crippen LogP contribution in [0.25, 0.3) is 0 Å². The molecule has 1 aliphatic carbocycles. The third-order valence-corrected chi connectivity index (χ3v) is 4.30. The molecule has 1 saturated carbocycles. The number of hydrogen-bond acceptors (Lipinski definition) is 3. The molecule has 0 aromatic heterocycles. The van der Waals surface area contributed by atoms with E-state index in [0.29, 0.717) is 23.6 Å². The number of carbonyl (C=O) groups excluding carboxylic acids is 1. The summed E-state index contributed by atoms with van der Waals surface area (Å²) in [5, 5.41) is 12.4. The van der Waals surface area contributed by atoms with Gasteiger partial charge < -0.3 is 15.2 Å². The maximum absolute atomic E-state index is 12.3. The van der Waals surface area contributed by atoms with Gasteiger partial charge in [0.15, 0.2) is 6.10 Å². The summed E-state index contributed by atoms with van der Waals surface area (Å²) in [7, 11) is 0. The van der Waals surface area contributed by atoms with Crippen LogP contribution >= 0.6 is 11.6 Å². The predicted molar refractivity (Wildman–Crippen MR) is 83.3 cm³/mol. The Hall–Kier alpha value is -1.75. The SMILES string of the molecule is Cc1ccc(Cl)c(OC(C)C(=O)NC2(C(=O)O)CCCC2)c1. The summed E-state index contributed by atoms with van der Waals surface area (Å²) in [6, 6.07) is 5.29. The number of nitrogens with one attached hydrogen (secondary N) is 1. The van der Waals surface area contributed by atoms with E-state index in [1.165, 1.54) is 0 Å². The van der Waals surface area contributed by atoms with Crippen molar-refractivity contribution in [1.29, 1.82) is 0 Å². The molecule has 120 valence electrons. The summed E-state index contributed by atoms with van der Waals surface area (Å²) in [6.07, 6.45) is 1.67. The third-order valence-electron chi connectivity index (χ3n) is 3.99. The highest BCUT2D eigenvalue weighted by atomic mass is 35.5. The first-order chi connectivity index (χ1) is 10.3. The van der Waals surface area contributed by atoms with Gasteiger partial charge in [-0.3, -0.25) is 4.79 Å². The smallest absolute Gasteiger partial charge is 0.329 e. The van der Waals surface area contributed by atoms with Gasteiger partial charge in [0.05, 0.1) is 5.02 Å². The molecule has 1 atom stereocenters. The molecule has 1 aromatic carbocycles. The molecule has 1 amide bonds. The summed E-state index contributed by atoms with van der Waals surface area (Å²) in [5.74, 6) is -1.01. The molecule has 5 nitrogen and oxygen atoms in total. The Labute approximate surface area is 134 Å². The molecule has 0 spiro atoms. The first-order valence-corrected chi connectivity index (χ1v) is 7.70. The van der Waals surface area contributed by atoms with Gasteiger partial charge >= 0.3 is 5.97 Å². The summed E-state index contributed by atoms with van der Waals surface area (Å²) in [4.78, 5) is 23.7. The van der Waals surface area contributed by atoms with Crippen LogP contribution in [-0.2, 0) is 9.59 Å². The van der Waals surface area contributed by atoms with E-state index >= 15 is 0 Å². The fourth-order valence-corrected chi connectivity index (χ4v) is 2.82. The Morgan fingerprint density at radius 2 is 2.00 bits per heavy atom. The van der Waals surface area contributed by atoms with Gasteiger partial charge in [0.25, 0.3) is 5.91 Å². The Balaban J connectivity index is 2.06. The zero-order valence-electron chi connectivity index (χ0n) is 12.7. The van der Waals surface area contributed by atoms with Crippen molar-refractivity contribution in [3.8, 4) is 5.75 Å². The highest BCUT2D eigenvalue weighted by molar-refractivity contribution is 6.32. The van der Waals surface area contributed by atoms with E-state index in [4.69, 9.17) is 16.3 Å². The standard InChI is InChI=1S/C16H20ClNO4/c1-10-5-6-12(17)13(9-10)22-11(2)14(19)18-16(15(20)21)7-3-4-8-16/h5-6,9,11H,3-4,7-8H2,1-2H3,(H,18,19)(H,20,21). The Morgan fingerprint density at radius 1 is 1.36 bits per heavy atom. The van der Waals surface area contributed by atoms with E-state index in [2.05, 4.69) is 5.32 Å². The van der Waals surface area contributed by atoms with Crippen molar-refractivity contribution in [2.75, 3.05) is 0 Å². The molecule has 0 heterocycles. The highest BCUT2D eigenvalue weighted by Crippen LogP contribution is 2.30. The van der Waals surface area contributed by atoms with Crippen LogP contribution in [0.2, 0.25) is 5.02 Å². The summed E-state index contributed by atoms with van der Waals surface area (Å²) in [6.45, 7) is 3.48. The monoisotopic (exact) mass is 325 g/mol. The van der Waals surface area contributed by atoms with Gasteiger partial charge in [-0.2, -0.15) is 0 Å². The zero-order chi connectivity index (χ0) is 16.3. The number of carbonyl (C=O) groups is 2. The van der Waals surface area contributed by atoms with Crippen LogP contribution in [-0.4, -0.2) is 28.6 Å². The average Bonchev–Trinajstić information content (AvgIpc) is 2.92. The van der Waals surface area contributed by atoms with Crippen LogP contribution < -0.4 is 10.1 Å². The molecule has 1 fully saturated rings. The van der Waals surface area contributed by atoms with Crippen LogP contribution in [0.15, 0.2) is 18.2 Å². The van der Waals surface area contributed by atoms with E-state index in [1.54, 1.807) is 19.1 Å². The largest absolute Gasteiger partial charge is 0.480 e. The maximum atomic E-state index is 12.3. The normalized spacial score (nSPS) is 17.8. The summed E-state index contributed by atoms with van der Waals surface area (Å²) in [5.41, 5.74) is -0.199. The number of carboxylic acid groups (broad SMARTS) is 1. The van der Waals surface area contributed by atoms with Gasteiger partial charge in [-0.1, -0.05) is 30.5 Å². The molecule has 2 N–H and O–H groups in total. The van der Waals surface area contributed by atoms with Gasteiger partial charge in [0.2, 0.25) is 0 Å². The molecule has 0 saturated heterocycles. The Bertz CT molecular complexity index is 582. The van der Waals surface area contributed by atoms with Crippen molar-refractivity contribution in [1.82, 2.24) is 5.32 Å². The average molecular weight is 326 g/mol. The number of amides is 1. The molecule has 0 aliphatic heterocycles. The van der Waals surface area contributed by atoms with E-state index in [9.17, 15) is 14.7 Å². The maximum Gasteiger partial charge on any atom is 0.329 e. The predicted octanol–water partition coefficient (Wildman–Crippen LogP) is 2.93. The van der Waals surface area contributed by atoms with E-state index in [-0.39, 0.29) is 0 Å². The number of aliphatic carboxylic acids is 1. The fourth-order valence-electron chi connectivity index (χ4n) is 2.65. The van der Waals surface area contributed by atoms with Crippen molar-refractivity contribution in [3.05, 3.63) is 28.8 Å². The molecule has 1 unspecified atom stereocenters. The van der Waals surface area contributed by atoms with Crippen LogP contribution in [0.3, 0.4) is 0 Å². The highest BCUT2D eigenvalue weighted by Gasteiger charge is 2.43. The van der Waals surface area contributed by atoms with Crippen LogP contribution in [0, 0.1) is 6.92 Å². The minimum atomic E-state index is -1.16. The van der Waals surface area contributed by atoms with E-state index in [1.807, 2.05) is 13.0 Å². The second-order valence-electron chi connectivity index (χ2n) is 5.78. The van der Waals surface area contributed by atoms with Gasteiger partial charge in [-0.15, -0.1) is 0 Å². The first-order valence-electron chi connectivity index (χ1n) is 7.32.